The van der Waals surface area contributed by atoms with Crippen LogP contribution in [-0.2, 0) is 0 Å². The van der Waals surface area contributed by atoms with Crippen molar-refractivity contribution in [1.82, 2.24) is 9.97 Å². The molecule has 0 aromatic carbocycles. The molecular formula is C12H14N2OS. The topological polar surface area (TPSA) is 45.8 Å². The molecule has 0 radical (unpaired) electrons. The summed E-state index contributed by atoms with van der Waals surface area (Å²) in [6, 6.07) is 1.67. The second-order valence-electron chi connectivity index (χ2n) is 4.57. The first-order valence-corrected chi connectivity index (χ1v) is 6.82. The fourth-order valence-corrected chi connectivity index (χ4v) is 3.26. The predicted octanol–water partition coefficient (Wildman–Crippen LogP) is 2.17. The summed E-state index contributed by atoms with van der Waals surface area (Å²) < 4.78 is 0. The molecule has 0 unspecified atom stereocenters. The Morgan fingerprint density at radius 2 is 2.31 bits per heavy atom. The molecule has 0 aliphatic heterocycles. The van der Waals surface area contributed by atoms with Crippen LogP contribution in [0, 0.1) is 11.8 Å². The summed E-state index contributed by atoms with van der Waals surface area (Å²) in [6.07, 6.45) is 8.94. The lowest BCUT2D eigenvalue weighted by atomic mass is 9.90. The maximum absolute atomic E-state index is 11.5. The van der Waals surface area contributed by atoms with Gasteiger partial charge in [-0.1, -0.05) is 23.9 Å². The Hall–Kier alpha value is -1.03. The molecule has 1 saturated carbocycles. The first-order valence-electron chi connectivity index (χ1n) is 5.60. The molecular weight excluding hydrogens is 220 g/mol. The van der Waals surface area contributed by atoms with Crippen LogP contribution in [0.1, 0.15) is 24.5 Å². The molecule has 0 saturated heterocycles. The standard InChI is InChI=1S/C12H14N2OS/c1-16-12-13-10(6-11(15)14-12)9-5-7-2-3-8(9)4-7/h2-3,6-9H,4-5H2,1H3,(H,13,14,15)/t7-,8-,9-/m0/s1. The zero-order valence-electron chi connectivity index (χ0n) is 9.14. The average Bonchev–Trinajstić information content (AvgIpc) is 2.89. The van der Waals surface area contributed by atoms with Crippen molar-refractivity contribution in [1.29, 1.82) is 0 Å². The molecule has 16 heavy (non-hydrogen) atoms. The minimum absolute atomic E-state index is 0.0268. The maximum Gasteiger partial charge on any atom is 0.251 e. The van der Waals surface area contributed by atoms with Gasteiger partial charge in [0.05, 0.1) is 5.69 Å². The number of aromatic nitrogens is 2. The molecule has 0 amide bonds. The Balaban J connectivity index is 1.98. The molecule has 84 valence electrons. The Labute approximate surface area is 98.4 Å². The molecule has 2 bridgehead atoms. The Morgan fingerprint density at radius 1 is 1.44 bits per heavy atom. The van der Waals surface area contributed by atoms with Crippen LogP contribution >= 0.6 is 11.8 Å². The number of nitrogens with one attached hydrogen (secondary N) is 1. The molecule has 0 spiro atoms. The van der Waals surface area contributed by atoms with Gasteiger partial charge in [-0.3, -0.25) is 4.79 Å². The highest BCUT2D eigenvalue weighted by Crippen LogP contribution is 2.48. The molecule has 1 N–H and O–H groups in total. The van der Waals surface area contributed by atoms with Crippen molar-refractivity contribution < 1.29 is 0 Å². The van der Waals surface area contributed by atoms with E-state index >= 15 is 0 Å². The summed E-state index contributed by atoms with van der Waals surface area (Å²) in [7, 11) is 0. The van der Waals surface area contributed by atoms with Crippen LogP contribution in [0.2, 0.25) is 0 Å². The van der Waals surface area contributed by atoms with Gasteiger partial charge in [0, 0.05) is 12.0 Å². The van der Waals surface area contributed by atoms with E-state index < -0.39 is 0 Å². The predicted molar refractivity (Wildman–Crippen MR) is 64.7 cm³/mol. The second-order valence-corrected chi connectivity index (χ2v) is 5.36. The minimum atomic E-state index is -0.0268. The van der Waals surface area contributed by atoms with Gasteiger partial charge in [0.2, 0.25) is 0 Å². The summed E-state index contributed by atoms with van der Waals surface area (Å²) >= 11 is 1.49. The van der Waals surface area contributed by atoms with Crippen LogP contribution in [0.15, 0.2) is 28.2 Å². The van der Waals surface area contributed by atoms with Gasteiger partial charge in [0.25, 0.3) is 5.56 Å². The van der Waals surface area contributed by atoms with Crippen molar-refractivity contribution in [3.8, 4) is 0 Å². The Bertz CT molecular complexity index is 494. The lowest BCUT2D eigenvalue weighted by molar-refractivity contribution is 0.561. The van der Waals surface area contributed by atoms with Gasteiger partial charge >= 0.3 is 0 Å². The summed E-state index contributed by atoms with van der Waals surface area (Å²) in [5.74, 6) is 1.78. The maximum atomic E-state index is 11.5. The van der Waals surface area contributed by atoms with Gasteiger partial charge in [-0.25, -0.2) is 4.98 Å². The van der Waals surface area contributed by atoms with Crippen LogP contribution in [0.5, 0.6) is 0 Å². The Kier molecular flexibility index (Phi) is 2.39. The van der Waals surface area contributed by atoms with E-state index in [0.717, 1.165) is 17.3 Å². The van der Waals surface area contributed by atoms with Crippen LogP contribution < -0.4 is 5.56 Å². The van der Waals surface area contributed by atoms with Crippen LogP contribution in [0.3, 0.4) is 0 Å². The van der Waals surface area contributed by atoms with E-state index in [1.165, 1.54) is 18.2 Å². The summed E-state index contributed by atoms with van der Waals surface area (Å²) in [5.41, 5.74) is 0.950. The smallest absolute Gasteiger partial charge is 0.251 e. The van der Waals surface area contributed by atoms with E-state index in [9.17, 15) is 4.79 Å². The highest BCUT2D eigenvalue weighted by Gasteiger charge is 2.37. The second kappa shape index (κ2) is 3.77. The number of hydrogen-bond acceptors (Lipinski definition) is 3. The number of allylic oxidation sites excluding steroid dienone is 2. The SMILES string of the molecule is CSc1nc([C@H]2C[C@H]3C=C[C@H]2C3)cc(=O)[nH]1. The third-order valence-electron chi connectivity index (χ3n) is 3.59. The molecule has 1 heterocycles. The molecule has 3 nitrogen and oxygen atoms in total. The van der Waals surface area contributed by atoms with Crippen molar-refractivity contribution in [2.24, 2.45) is 11.8 Å². The van der Waals surface area contributed by atoms with Crippen LogP contribution in [0.25, 0.3) is 0 Å². The highest BCUT2D eigenvalue weighted by atomic mass is 32.2. The average molecular weight is 234 g/mol. The molecule has 1 aromatic rings. The van der Waals surface area contributed by atoms with E-state index in [-0.39, 0.29) is 5.56 Å². The molecule has 4 heteroatoms. The van der Waals surface area contributed by atoms with Gasteiger partial charge in [-0.15, -0.1) is 0 Å². The zero-order valence-corrected chi connectivity index (χ0v) is 9.96. The molecule has 2 aliphatic carbocycles. The number of nitrogens with zero attached hydrogens (tertiary/aromatic N) is 1. The van der Waals surface area contributed by atoms with Crippen molar-refractivity contribution in [2.45, 2.75) is 23.9 Å². The quantitative estimate of drug-likeness (QED) is 0.484. The molecule has 3 rings (SSSR count). The number of aromatic amines is 1. The van der Waals surface area contributed by atoms with Gasteiger partial charge in [0.1, 0.15) is 0 Å². The molecule has 2 aliphatic rings. The number of thioether (sulfide) groups is 1. The normalized spacial score (nSPS) is 31.2. The number of rotatable bonds is 2. The van der Waals surface area contributed by atoms with E-state index in [2.05, 4.69) is 22.1 Å². The van der Waals surface area contributed by atoms with Crippen LogP contribution in [-0.4, -0.2) is 16.2 Å². The number of H-pyrrole nitrogens is 1. The number of hydrogen-bond donors (Lipinski definition) is 1. The minimum Gasteiger partial charge on any atom is -0.301 e. The first kappa shape index (κ1) is 10.1. The summed E-state index contributed by atoms with van der Waals surface area (Å²) in [5, 5.41) is 0.731. The van der Waals surface area contributed by atoms with Gasteiger partial charge < -0.3 is 4.98 Å². The summed E-state index contributed by atoms with van der Waals surface area (Å²) in [4.78, 5) is 18.8. The monoisotopic (exact) mass is 234 g/mol. The molecule has 3 atom stereocenters. The van der Waals surface area contributed by atoms with Crippen molar-refractivity contribution >= 4 is 11.8 Å². The van der Waals surface area contributed by atoms with Gasteiger partial charge in [0.15, 0.2) is 5.16 Å². The van der Waals surface area contributed by atoms with Crippen molar-refractivity contribution in [3.05, 3.63) is 34.3 Å². The van der Waals surface area contributed by atoms with E-state index in [4.69, 9.17) is 0 Å². The highest BCUT2D eigenvalue weighted by molar-refractivity contribution is 7.98. The lowest BCUT2D eigenvalue weighted by Gasteiger charge is -2.17. The van der Waals surface area contributed by atoms with E-state index in [1.807, 2.05) is 6.26 Å². The summed E-state index contributed by atoms with van der Waals surface area (Å²) in [6.45, 7) is 0. The lowest BCUT2D eigenvalue weighted by Crippen LogP contribution is -2.15. The largest absolute Gasteiger partial charge is 0.301 e. The Morgan fingerprint density at radius 3 is 2.94 bits per heavy atom. The molecule has 1 fully saturated rings. The molecule has 1 aromatic heterocycles. The van der Waals surface area contributed by atoms with Gasteiger partial charge in [-0.2, -0.15) is 0 Å². The first-order chi connectivity index (χ1) is 7.76. The van der Waals surface area contributed by atoms with Crippen molar-refractivity contribution in [2.75, 3.05) is 6.26 Å². The third-order valence-corrected chi connectivity index (χ3v) is 4.17. The van der Waals surface area contributed by atoms with E-state index in [0.29, 0.717) is 17.8 Å². The van der Waals surface area contributed by atoms with Gasteiger partial charge in [-0.05, 0) is 30.9 Å². The zero-order chi connectivity index (χ0) is 11.1. The van der Waals surface area contributed by atoms with E-state index in [1.54, 1.807) is 6.07 Å². The fourth-order valence-electron chi connectivity index (χ4n) is 2.86. The third kappa shape index (κ3) is 1.61. The van der Waals surface area contributed by atoms with Crippen molar-refractivity contribution in [3.63, 3.8) is 0 Å². The number of fused-ring (bicyclic) bond motifs is 2. The van der Waals surface area contributed by atoms with Crippen LogP contribution in [0.4, 0.5) is 0 Å². The fraction of sp³-hybridized carbons (Fsp3) is 0.500.